The lowest BCUT2D eigenvalue weighted by atomic mass is 10.2. The van der Waals surface area contributed by atoms with Gasteiger partial charge in [-0.25, -0.2) is 12.8 Å². The van der Waals surface area contributed by atoms with Crippen molar-refractivity contribution in [3.8, 4) is 0 Å². The zero-order valence-corrected chi connectivity index (χ0v) is 15.5. The topological polar surface area (TPSA) is 106 Å². The van der Waals surface area contributed by atoms with Gasteiger partial charge in [0.15, 0.2) is 0 Å². The summed E-state index contributed by atoms with van der Waals surface area (Å²) >= 11 is 0. The van der Waals surface area contributed by atoms with Crippen molar-refractivity contribution >= 4 is 26.7 Å². The van der Waals surface area contributed by atoms with E-state index in [4.69, 9.17) is 0 Å². The first-order valence-corrected chi connectivity index (χ1v) is 10.1. The summed E-state index contributed by atoms with van der Waals surface area (Å²) in [5.41, 5.74) is -0.194. The van der Waals surface area contributed by atoms with Gasteiger partial charge >= 0.3 is 11.1 Å². The van der Waals surface area contributed by atoms with Crippen molar-refractivity contribution in [1.82, 2.24) is 14.3 Å². The number of piperazine rings is 1. The highest BCUT2D eigenvalue weighted by atomic mass is 32.2. The molecular weight excluding hydrogens is 387 g/mol. The van der Waals surface area contributed by atoms with Gasteiger partial charge in [0.05, 0.1) is 15.9 Å². The third-order valence-electron chi connectivity index (χ3n) is 4.76. The van der Waals surface area contributed by atoms with Crippen LogP contribution in [0.2, 0.25) is 0 Å². The molecule has 2 aromatic carbocycles. The Balaban J connectivity index is 1.56. The minimum atomic E-state index is -3.76. The molecule has 3 aromatic rings. The zero-order valence-electron chi connectivity index (χ0n) is 14.7. The van der Waals surface area contributed by atoms with Crippen LogP contribution in [-0.2, 0) is 10.0 Å². The third-order valence-corrected chi connectivity index (χ3v) is 6.66. The van der Waals surface area contributed by atoms with Crippen LogP contribution in [0.3, 0.4) is 0 Å². The van der Waals surface area contributed by atoms with Crippen LogP contribution in [0.4, 0.5) is 10.1 Å². The number of aromatic amines is 2. The average molecular weight is 404 g/mol. The highest BCUT2D eigenvalue weighted by Gasteiger charge is 2.29. The molecule has 8 nitrogen and oxygen atoms in total. The lowest BCUT2D eigenvalue weighted by molar-refractivity contribution is 0.385. The van der Waals surface area contributed by atoms with Crippen LogP contribution in [0, 0.1) is 5.82 Å². The van der Waals surface area contributed by atoms with E-state index in [1.165, 1.54) is 34.6 Å². The first-order valence-electron chi connectivity index (χ1n) is 8.62. The van der Waals surface area contributed by atoms with E-state index in [1.54, 1.807) is 12.1 Å². The smallest absolute Gasteiger partial charge is 0.314 e. The molecule has 0 atom stereocenters. The van der Waals surface area contributed by atoms with Gasteiger partial charge in [-0.3, -0.25) is 9.59 Å². The van der Waals surface area contributed by atoms with Crippen LogP contribution >= 0.6 is 0 Å². The van der Waals surface area contributed by atoms with E-state index in [0.717, 1.165) is 5.69 Å². The molecule has 1 aliphatic heterocycles. The summed E-state index contributed by atoms with van der Waals surface area (Å²) in [6.07, 6.45) is 0. The minimum Gasteiger partial charge on any atom is -0.369 e. The molecule has 10 heteroatoms. The van der Waals surface area contributed by atoms with E-state index >= 15 is 0 Å². The quantitative estimate of drug-likeness (QED) is 0.630. The molecule has 0 amide bonds. The summed E-state index contributed by atoms with van der Waals surface area (Å²) < 4.78 is 40.4. The normalized spacial score (nSPS) is 15.8. The summed E-state index contributed by atoms with van der Waals surface area (Å²) in [6.45, 7) is 1.50. The van der Waals surface area contributed by atoms with Crippen molar-refractivity contribution < 1.29 is 12.8 Å². The first kappa shape index (κ1) is 18.4. The number of H-pyrrole nitrogens is 2. The highest BCUT2D eigenvalue weighted by Crippen LogP contribution is 2.22. The van der Waals surface area contributed by atoms with E-state index in [-0.39, 0.29) is 29.3 Å². The SMILES string of the molecule is O=c1[nH]c2ccc(S(=O)(=O)N3CCN(c4ccc(F)cc4)CC3)cc2[nH]c1=O. The van der Waals surface area contributed by atoms with E-state index in [0.29, 0.717) is 18.6 Å². The number of nitrogens with zero attached hydrogens (tertiary/aromatic N) is 2. The largest absolute Gasteiger partial charge is 0.369 e. The second-order valence-corrected chi connectivity index (χ2v) is 8.42. The van der Waals surface area contributed by atoms with E-state index < -0.39 is 21.1 Å². The number of benzene rings is 2. The molecule has 0 saturated carbocycles. The Hall–Kier alpha value is -2.98. The average Bonchev–Trinajstić information content (AvgIpc) is 2.69. The van der Waals surface area contributed by atoms with Gasteiger partial charge in [-0.2, -0.15) is 4.31 Å². The van der Waals surface area contributed by atoms with Crippen molar-refractivity contribution in [2.24, 2.45) is 0 Å². The van der Waals surface area contributed by atoms with Crippen molar-refractivity contribution in [2.75, 3.05) is 31.1 Å². The fourth-order valence-corrected chi connectivity index (χ4v) is 4.69. The molecular formula is C18H17FN4O4S. The Morgan fingerprint density at radius 2 is 1.43 bits per heavy atom. The molecule has 0 spiro atoms. The third kappa shape index (κ3) is 3.32. The number of rotatable bonds is 3. The van der Waals surface area contributed by atoms with Gasteiger partial charge < -0.3 is 14.9 Å². The maximum absolute atomic E-state index is 13.1. The molecule has 1 aliphatic rings. The van der Waals surface area contributed by atoms with Gasteiger partial charge in [-0.15, -0.1) is 0 Å². The van der Waals surface area contributed by atoms with Crippen molar-refractivity contribution in [3.63, 3.8) is 0 Å². The van der Waals surface area contributed by atoms with E-state index in [1.807, 2.05) is 4.90 Å². The molecule has 0 aliphatic carbocycles. The number of hydrogen-bond donors (Lipinski definition) is 2. The van der Waals surface area contributed by atoms with Crippen molar-refractivity contribution in [3.05, 3.63) is 69.0 Å². The second-order valence-electron chi connectivity index (χ2n) is 6.48. The number of sulfonamides is 1. The molecule has 1 aromatic heterocycles. The van der Waals surface area contributed by atoms with E-state index in [2.05, 4.69) is 9.97 Å². The number of hydrogen-bond acceptors (Lipinski definition) is 5. The first-order chi connectivity index (χ1) is 13.3. The molecule has 2 N–H and O–H groups in total. The standard InChI is InChI=1S/C18H17FN4O4S/c19-12-1-3-13(4-2-12)22-7-9-23(10-8-22)28(26,27)14-5-6-15-16(11-14)21-18(25)17(24)20-15/h1-6,11H,7-10H2,(H,20,24)(H,21,25). The number of anilines is 1. The molecule has 4 rings (SSSR count). The minimum absolute atomic E-state index is 0.0398. The Morgan fingerprint density at radius 3 is 2.07 bits per heavy atom. The maximum atomic E-state index is 13.1. The van der Waals surface area contributed by atoms with Gasteiger partial charge in [0.25, 0.3) is 0 Å². The molecule has 1 saturated heterocycles. The summed E-state index contributed by atoms with van der Waals surface area (Å²) in [6, 6.07) is 10.3. The molecule has 0 bridgehead atoms. The van der Waals surface area contributed by atoms with Gasteiger partial charge in [-0.1, -0.05) is 0 Å². The number of halogens is 1. The van der Waals surface area contributed by atoms with Crippen LogP contribution in [0.15, 0.2) is 56.9 Å². The van der Waals surface area contributed by atoms with Crippen molar-refractivity contribution in [2.45, 2.75) is 4.90 Å². The van der Waals surface area contributed by atoms with Crippen LogP contribution < -0.4 is 16.0 Å². The summed E-state index contributed by atoms with van der Waals surface area (Å²) in [4.78, 5) is 29.7. The predicted molar refractivity (Wildman–Crippen MR) is 103 cm³/mol. The number of aromatic nitrogens is 2. The Bertz CT molecular complexity index is 1240. The fourth-order valence-electron chi connectivity index (χ4n) is 3.24. The molecule has 2 heterocycles. The van der Waals surface area contributed by atoms with Gasteiger partial charge in [-0.05, 0) is 42.5 Å². The molecule has 0 unspecified atom stereocenters. The fraction of sp³-hybridized carbons (Fsp3) is 0.222. The molecule has 28 heavy (non-hydrogen) atoms. The van der Waals surface area contributed by atoms with Crippen LogP contribution in [0.5, 0.6) is 0 Å². The monoisotopic (exact) mass is 404 g/mol. The second kappa shape index (κ2) is 6.88. The van der Waals surface area contributed by atoms with E-state index in [9.17, 15) is 22.4 Å². The molecule has 0 radical (unpaired) electrons. The Labute approximate surface area is 159 Å². The van der Waals surface area contributed by atoms with Crippen LogP contribution in [-0.4, -0.2) is 48.9 Å². The zero-order chi connectivity index (χ0) is 19.9. The van der Waals surface area contributed by atoms with Crippen molar-refractivity contribution in [1.29, 1.82) is 0 Å². The number of fused-ring (bicyclic) bond motifs is 1. The predicted octanol–water partition coefficient (Wildman–Crippen LogP) is 0.866. The maximum Gasteiger partial charge on any atom is 0.314 e. The van der Waals surface area contributed by atoms with Crippen LogP contribution in [0.25, 0.3) is 11.0 Å². The summed E-state index contributed by atoms with van der Waals surface area (Å²) in [7, 11) is -3.76. The Morgan fingerprint density at radius 1 is 0.821 bits per heavy atom. The van der Waals surface area contributed by atoms with Gasteiger partial charge in [0.1, 0.15) is 5.82 Å². The summed E-state index contributed by atoms with van der Waals surface area (Å²) in [5.74, 6) is -0.319. The molecule has 146 valence electrons. The summed E-state index contributed by atoms with van der Waals surface area (Å²) in [5, 5.41) is 0. The van der Waals surface area contributed by atoms with Gasteiger partial charge in [0, 0.05) is 31.9 Å². The van der Waals surface area contributed by atoms with Gasteiger partial charge in [0.2, 0.25) is 10.0 Å². The highest BCUT2D eigenvalue weighted by molar-refractivity contribution is 7.89. The number of nitrogens with one attached hydrogen (secondary N) is 2. The lowest BCUT2D eigenvalue weighted by Gasteiger charge is -2.35. The molecule has 1 fully saturated rings. The van der Waals surface area contributed by atoms with Crippen LogP contribution in [0.1, 0.15) is 0 Å². The Kier molecular flexibility index (Phi) is 4.52. The lowest BCUT2D eigenvalue weighted by Crippen LogP contribution is -2.48.